The van der Waals surface area contributed by atoms with Gasteiger partial charge in [-0.2, -0.15) is 5.10 Å². The molecule has 0 bridgehead atoms. The molecule has 1 atom stereocenters. The predicted molar refractivity (Wildman–Crippen MR) is 59.7 cm³/mol. The maximum absolute atomic E-state index is 11.1. The van der Waals surface area contributed by atoms with Crippen LogP contribution in [0.3, 0.4) is 0 Å². The second kappa shape index (κ2) is 4.00. The van der Waals surface area contributed by atoms with Crippen molar-refractivity contribution in [3.05, 3.63) is 24.0 Å². The van der Waals surface area contributed by atoms with Gasteiger partial charge in [0.15, 0.2) is 0 Å². The summed E-state index contributed by atoms with van der Waals surface area (Å²) in [6.45, 7) is 2.58. The normalized spacial score (nSPS) is 20.8. The second-order valence-electron chi connectivity index (χ2n) is 4.20. The molecule has 1 N–H and O–H groups in total. The Balaban J connectivity index is 2.34. The molecule has 0 aliphatic carbocycles. The van der Waals surface area contributed by atoms with Crippen molar-refractivity contribution in [2.75, 3.05) is 6.54 Å². The first kappa shape index (κ1) is 10.7. The third kappa shape index (κ3) is 1.93. The molecule has 0 saturated heterocycles. The summed E-state index contributed by atoms with van der Waals surface area (Å²) in [6.07, 6.45) is 3.75. The van der Waals surface area contributed by atoms with Gasteiger partial charge in [-0.3, -0.25) is 9.58 Å². The van der Waals surface area contributed by atoms with Crippen molar-refractivity contribution in [1.82, 2.24) is 14.7 Å². The average molecular weight is 221 g/mol. The number of hydrogen-bond donors (Lipinski definition) is 1. The quantitative estimate of drug-likeness (QED) is 0.786. The van der Waals surface area contributed by atoms with E-state index in [4.69, 9.17) is 5.11 Å². The number of aromatic nitrogens is 2. The standard InChI is InChI=1S/C11H15N3O2/c1-8-3-4-10(14(7-8)11(15)16)9-5-6-13(2)12-9/h4-6,8H,3,7H2,1-2H3,(H,15,16)/t8-/m0/s1. The molecular weight excluding hydrogens is 206 g/mol. The number of aryl methyl sites for hydroxylation is 1. The lowest BCUT2D eigenvalue weighted by molar-refractivity contribution is 0.159. The number of carbonyl (C=O) groups is 1. The summed E-state index contributed by atoms with van der Waals surface area (Å²) in [7, 11) is 1.82. The molecule has 1 aliphatic rings. The van der Waals surface area contributed by atoms with Crippen LogP contribution >= 0.6 is 0 Å². The van der Waals surface area contributed by atoms with E-state index in [0.29, 0.717) is 18.2 Å². The third-order valence-corrected chi connectivity index (χ3v) is 2.71. The van der Waals surface area contributed by atoms with Gasteiger partial charge in [0.2, 0.25) is 0 Å². The molecule has 0 fully saturated rings. The van der Waals surface area contributed by atoms with E-state index in [1.165, 1.54) is 4.90 Å². The van der Waals surface area contributed by atoms with Crippen molar-refractivity contribution >= 4 is 11.8 Å². The van der Waals surface area contributed by atoms with Crippen molar-refractivity contribution in [3.8, 4) is 0 Å². The fraction of sp³-hybridized carbons (Fsp3) is 0.455. The molecular formula is C11H15N3O2. The molecule has 0 spiro atoms. The van der Waals surface area contributed by atoms with Gasteiger partial charge in [-0.1, -0.05) is 13.0 Å². The van der Waals surface area contributed by atoms with Crippen LogP contribution in [-0.4, -0.2) is 32.4 Å². The van der Waals surface area contributed by atoms with Crippen LogP contribution in [0.1, 0.15) is 19.0 Å². The summed E-state index contributed by atoms with van der Waals surface area (Å²) < 4.78 is 1.67. The average Bonchev–Trinajstić information content (AvgIpc) is 2.64. The SMILES string of the molecule is C[C@H]1CC=C(c2ccn(C)n2)N(C(=O)O)C1. The summed E-state index contributed by atoms with van der Waals surface area (Å²) in [5, 5.41) is 13.4. The second-order valence-corrected chi connectivity index (χ2v) is 4.20. The first-order valence-corrected chi connectivity index (χ1v) is 5.28. The van der Waals surface area contributed by atoms with Crippen molar-refractivity contribution < 1.29 is 9.90 Å². The van der Waals surface area contributed by atoms with E-state index in [1.54, 1.807) is 4.68 Å². The summed E-state index contributed by atoms with van der Waals surface area (Å²) in [5.74, 6) is 0.364. The van der Waals surface area contributed by atoms with E-state index in [1.807, 2.05) is 32.3 Å². The van der Waals surface area contributed by atoms with Crippen molar-refractivity contribution in [3.63, 3.8) is 0 Å². The zero-order chi connectivity index (χ0) is 11.7. The minimum Gasteiger partial charge on any atom is -0.465 e. The van der Waals surface area contributed by atoms with Gasteiger partial charge in [0.05, 0.1) is 5.70 Å². The van der Waals surface area contributed by atoms with Crippen LogP contribution in [0.4, 0.5) is 4.79 Å². The van der Waals surface area contributed by atoms with Gasteiger partial charge < -0.3 is 5.11 Å². The molecule has 0 saturated carbocycles. The molecule has 0 aromatic carbocycles. The van der Waals surface area contributed by atoms with Crippen LogP contribution in [0.5, 0.6) is 0 Å². The molecule has 2 rings (SSSR count). The van der Waals surface area contributed by atoms with E-state index in [9.17, 15) is 4.79 Å². The lowest BCUT2D eigenvalue weighted by atomic mass is 10.0. The highest BCUT2D eigenvalue weighted by atomic mass is 16.4. The molecule has 86 valence electrons. The molecule has 0 unspecified atom stereocenters. The number of rotatable bonds is 1. The number of carboxylic acid groups (broad SMARTS) is 1. The Morgan fingerprint density at radius 1 is 1.62 bits per heavy atom. The van der Waals surface area contributed by atoms with Crippen LogP contribution in [-0.2, 0) is 7.05 Å². The Morgan fingerprint density at radius 2 is 2.38 bits per heavy atom. The Labute approximate surface area is 94.0 Å². The van der Waals surface area contributed by atoms with Gasteiger partial charge in [-0.05, 0) is 18.4 Å². The van der Waals surface area contributed by atoms with Gasteiger partial charge >= 0.3 is 6.09 Å². The number of allylic oxidation sites excluding steroid dienone is 1. The summed E-state index contributed by atoms with van der Waals surface area (Å²) in [6, 6.07) is 1.83. The molecule has 1 amide bonds. The zero-order valence-corrected chi connectivity index (χ0v) is 9.42. The van der Waals surface area contributed by atoms with Crippen molar-refractivity contribution in [2.24, 2.45) is 13.0 Å². The summed E-state index contributed by atoms with van der Waals surface area (Å²) in [4.78, 5) is 12.5. The van der Waals surface area contributed by atoms with Crippen LogP contribution in [0.15, 0.2) is 18.3 Å². The molecule has 1 aromatic heterocycles. The largest absolute Gasteiger partial charge is 0.465 e. The van der Waals surface area contributed by atoms with Crippen LogP contribution in [0.25, 0.3) is 5.70 Å². The number of nitrogens with zero attached hydrogens (tertiary/aromatic N) is 3. The Bertz CT molecular complexity index is 436. The zero-order valence-electron chi connectivity index (χ0n) is 9.42. The lowest BCUT2D eigenvalue weighted by Gasteiger charge is -2.28. The Morgan fingerprint density at radius 3 is 2.94 bits per heavy atom. The van der Waals surface area contributed by atoms with Crippen LogP contribution in [0.2, 0.25) is 0 Å². The first-order chi connectivity index (χ1) is 7.58. The van der Waals surface area contributed by atoms with Crippen molar-refractivity contribution in [1.29, 1.82) is 0 Å². The smallest absolute Gasteiger partial charge is 0.411 e. The molecule has 0 radical (unpaired) electrons. The highest BCUT2D eigenvalue weighted by Crippen LogP contribution is 2.26. The summed E-state index contributed by atoms with van der Waals surface area (Å²) >= 11 is 0. The topological polar surface area (TPSA) is 58.4 Å². The molecule has 16 heavy (non-hydrogen) atoms. The Hall–Kier alpha value is -1.78. The highest BCUT2D eigenvalue weighted by molar-refractivity contribution is 5.80. The molecule has 5 heteroatoms. The molecule has 1 aromatic rings. The van der Waals surface area contributed by atoms with E-state index >= 15 is 0 Å². The van der Waals surface area contributed by atoms with E-state index in [-0.39, 0.29) is 0 Å². The monoisotopic (exact) mass is 221 g/mol. The van der Waals surface area contributed by atoms with Gasteiger partial charge in [0.25, 0.3) is 0 Å². The first-order valence-electron chi connectivity index (χ1n) is 5.28. The van der Waals surface area contributed by atoms with E-state index < -0.39 is 6.09 Å². The lowest BCUT2D eigenvalue weighted by Crippen LogP contribution is -2.34. The maximum atomic E-state index is 11.1. The van der Waals surface area contributed by atoms with E-state index in [0.717, 1.165) is 12.1 Å². The van der Waals surface area contributed by atoms with Crippen LogP contribution < -0.4 is 0 Å². The minimum atomic E-state index is -0.913. The van der Waals surface area contributed by atoms with Crippen LogP contribution in [0, 0.1) is 5.92 Å². The third-order valence-electron chi connectivity index (χ3n) is 2.71. The molecule has 5 nitrogen and oxygen atoms in total. The fourth-order valence-corrected chi connectivity index (χ4v) is 1.88. The molecule has 1 aliphatic heterocycles. The molecule has 2 heterocycles. The van der Waals surface area contributed by atoms with Crippen molar-refractivity contribution in [2.45, 2.75) is 13.3 Å². The Kier molecular flexibility index (Phi) is 2.68. The highest BCUT2D eigenvalue weighted by Gasteiger charge is 2.25. The van der Waals surface area contributed by atoms with Gasteiger partial charge in [-0.15, -0.1) is 0 Å². The maximum Gasteiger partial charge on any atom is 0.411 e. The van der Waals surface area contributed by atoms with Gasteiger partial charge in [-0.25, -0.2) is 4.79 Å². The predicted octanol–water partition coefficient (Wildman–Crippen LogP) is 1.78. The number of amides is 1. The van der Waals surface area contributed by atoms with Gasteiger partial charge in [0, 0.05) is 19.8 Å². The van der Waals surface area contributed by atoms with E-state index in [2.05, 4.69) is 5.10 Å². The minimum absolute atomic E-state index is 0.364. The fourth-order valence-electron chi connectivity index (χ4n) is 1.88. The summed E-state index contributed by atoms with van der Waals surface area (Å²) in [5.41, 5.74) is 1.42. The van der Waals surface area contributed by atoms with Gasteiger partial charge in [0.1, 0.15) is 5.69 Å². The number of hydrogen-bond acceptors (Lipinski definition) is 2.